The van der Waals surface area contributed by atoms with Crippen molar-refractivity contribution in [3.05, 3.63) is 64.7 Å². The average molecular weight is 342 g/mol. The quantitative estimate of drug-likeness (QED) is 0.661. The van der Waals surface area contributed by atoms with E-state index in [1.807, 2.05) is 43.3 Å². The average Bonchev–Trinajstić information content (AvgIpc) is 2.62. The highest BCUT2D eigenvalue weighted by Crippen LogP contribution is 2.24. The first-order valence-corrected chi connectivity index (χ1v) is 7.77. The molecule has 0 amide bonds. The molecule has 0 unspecified atom stereocenters. The van der Waals surface area contributed by atoms with Gasteiger partial charge in [-0.3, -0.25) is 20.3 Å². The summed E-state index contributed by atoms with van der Waals surface area (Å²) in [6.45, 7) is 1.85. The zero-order valence-electron chi connectivity index (χ0n) is 13.9. The maximum atomic E-state index is 8.58. The van der Waals surface area contributed by atoms with Crippen LogP contribution in [0.15, 0.2) is 58.5 Å². The van der Waals surface area contributed by atoms with Crippen molar-refractivity contribution in [2.24, 2.45) is 15.7 Å². The van der Waals surface area contributed by atoms with Gasteiger partial charge in [-0.2, -0.15) is 0 Å². The summed E-state index contributed by atoms with van der Waals surface area (Å²) in [7, 11) is 3.32. The van der Waals surface area contributed by atoms with Crippen LogP contribution in [-0.2, 0) is 0 Å². The van der Waals surface area contributed by atoms with Crippen molar-refractivity contribution in [1.29, 1.82) is 5.41 Å². The standard InChI is InChI=1S/C18H20ClN5/c1-12(22-2)24(18(21)23-3)16-7-5-4-6-15(16)17(20)13-8-10-14(19)11-9-13/h4-11,20H,1-3H3,(H2,21,23). The van der Waals surface area contributed by atoms with Gasteiger partial charge < -0.3 is 5.73 Å². The maximum Gasteiger partial charge on any atom is 0.201 e. The number of anilines is 1. The van der Waals surface area contributed by atoms with Crippen molar-refractivity contribution in [2.45, 2.75) is 6.92 Å². The van der Waals surface area contributed by atoms with Crippen molar-refractivity contribution in [3.8, 4) is 0 Å². The lowest BCUT2D eigenvalue weighted by Crippen LogP contribution is -2.41. The maximum absolute atomic E-state index is 8.58. The number of para-hydroxylation sites is 1. The van der Waals surface area contributed by atoms with Crippen LogP contribution in [0.3, 0.4) is 0 Å². The molecule has 3 N–H and O–H groups in total. The molecule has 0 aliphatic heterocycles. The Bertz CT molecular complexity index is 775. The Morgan fingerprint density at radius 2 is 1.67 bits per heavy atom. The van der Waals surface area contributed by atoms with Gasteiger partial charge in [0.15, 0.2) is 0 Å². The topological polar surface area (TPSA) is 77.8 Å². The number of nitrogens with zero attached hydrogens (tertiary/aromatic N) is 3. The van der Waals surface area contributed by atoms with Crippen LogP contribution >= 0.6 is 11.6 Å². The number of amidine groups is 1. The molecule has 0 aromatic heterocycles. The highest BCUT2D eigenvalue weighted by molar-refractivity contribution is 6.30. The molecule has 0 saturated carbocycles. The smallest absolute Gasteiger partial charge is 0.201 e. The molecule has 5 nitrogen and oxygen atoms in total. The summed E-state index contributed by atoms with van der Waals surface area (Å²) in [6, 6.07) is 14.7. The van der Waals surface area contributed by atoms with Gasteiger partial charge in [0.1, 0.15) is 5.84 Å². The molecule has 0 spiro atoms. The molecule has 124 valence electrons. The summed E-state index contributed by atoms with van der Waals surface area (Å²) < 4.78 is 0. The monoisotopic (exact) mass is 341 g/mol. The predicted molar refractivity (Wildman–Crippen MR) is 103 cm³/mol. The van der Waals surface area contributed by atoms with Crippen molar-refractivity contribution in [1.82, 2.24) is 0 Å². The molecule has 2 rings (SSSR count). The number of nitrogens with two attached hydrogens (primary N) is 1. The summed E-state index contributed by atoms with van der Waals surface area (Å²) in [5.74, 6) is 1.00. The fraction of sp³-hybridized carbons (Fsp3) is 0.167. The van der Waals surface area contributed by atoms with Gasteiger partial charge in [-0.1, -0.05) is 41.9 Å². The Labute approximate surface area is 147 Å². The van der Waals surface area contributed by atoms with Crippen LogP contribution in [0.2, 0.25) is 5.02 Å². The molecule has 0 heterocycles. The van der Waals surface area contributed by atoms with E-state index in [4.69, 9.17) is 22.7 Å². The molecular weight excluding hydrogens is 322 g/mol. The van der Waals surface area contributed by atoms with Crippen LogP contribution in [0.1, 0.15) is 18.1 Å². The van der Waals surface area contributed by atoms with Crippen molar-refractivity contribution in [3.63, 3.8) is 0 Å². The van der Waals surface area contributed by atoms with Gasteiger partial charge in [0.05, 0.1) is 11.4 Å². The first-order chi connectivity index (χ1) is 11.5. The van der Waals surface area contributed by atoms with Crippen LogP contribution < -0.4 is 10.6 Å². The number of aliphatic imine (C=N–C) groups is 2. The van der Waals surface area contributed by atoms with E-state index >= 15 is 0 Å². The van der Waals surface area contributed by atoms with Gasteiger partial charge in [0.2, 0.25) is 5.96 Å². The summed E-state index contributed by atoms with van der Waals surface area (Å²) in [6.07, 6.45) is 0. The second kappa shape index (κ2) is 7.75. The Balaban J connectivity index is 2.57. The number of halogens is 1. The number of rotatable bonds is 3. The third-order valence-corrected chi connectivity index (χ3v) is 3.90. The Morgan fingerprint density at radius 1 is 1.04 bits per heavy atom. The highest BCUT2D eigenvalue weighted by Gasteiger charge is 2.19. The summed E-state index contributed by atoms with van der Waals surface area (Å²) in [5, 5.41) is 9.22. The Morgan fingerprint density at radius 3 is 2.25 bits per heavy atom. The fourth-order valence-electron chi connectivity index (χ4n) is 2.32. The molecule has 0 saturated heterocycles. The molecule has 0 radical (unpaired) electrons. The van der Waals surface area contributed by atoms with Crippen LogP contribution in [0.5, 0.6) is 0 Å². The summed E-state index contributed by atoms with van der Waals surface area (Å²) in [5.41, 5.74) is 8.69. The van der Waals surface area contributed by atoms with Crippen LogP contribution in [0, 0.1) is 5.41 Å². The lowest BCUT2D eigenvalue weighted by molar-refractivity contribution is 1.25. The van der Waals surface area contributed by atoms with Crippen LogP contribution in [0.4, 0.5) is 5.69 Å². The largest absolute Gasteiger partial charge is 0.369 e. The second-order valence-electron chi connectivity index (χ2n) is 5.09. The van der Waals surface area contributed by atoms with E-state index in [1.54, 1.807) is 31.1 Å². The van der Waals surface area contributed by atoms with Crippen LogP contribution in [0.25, 0.3) is 0 Å². The molecule has 0 bridgehead atoms. The third kappa shape index (κ3) is 3.63. The first kappa shape index (κ1) is 17.7. The number of hydrogen-bond donors (Lipinski definition) is 2. The third-order valence-electron chi connectivity index (χ3n) is 3.65. The minimum atomic E-state index is 0.314. The minimum Gasteiger partial charge on any atom is -0.369 e. The van der Waals surface area contributed by atoms with E-state index < -0.39 is 0 Å². The van der Waals surface area contributed by atoms with Crippen LogP contribution in [-0.4, -0.2) is 31.6 Å². The summed E-state index contributed by atoms with van der Waals surface area (Å²) >= 11 is 5.94. The molecule has 0 atom stereocenters. The fourth-order valence-corrected chi connectivity index (χ4v) is 2.44. The van der Waals surface area contributed by atoms with E-state index in [-0.39, 0.29) is 0 Å². The van der Waals surface area contributed by atoms with Gasteiger partial charge in [-0.25, -0.2) is 0 Å². The van der Waals surface area contributed by atoms with Crippen molar-refractivity contribution in [2.75, 3.05) is 19.0 Å². The minimum absolute atomic E-state index is 0.314. The Kier molecular flexibility index (Phi) is 5.71. The highest BCUT2D eigenvalue weighted by atomic mass is 35.5. The summed E-state index contributed by atoms with van der Waals surface area (Å²) in [4.78, 5) is 10.0. The number of nitrogens with one attached hydrogen (secondary N) is 1. The van der Waals surface area contributed by atoms with E-state index in [0.29, 0.717) is 22.5 Å². The molecule has 2 aromatic carbocycles. The normalized spacial score (nSPS) is 12.2. The van der Waals surface area contributed by atoms with E-state index in [9.17, 15) is 0 Å². The zero-order chi connectivity index (χ0) is 17.7. The SMILES string of the molecule is CN=C(C)N(C(N)=NC)c1ccccc1C(=N)c1ccc(Cl)cc1. The van der Waals surface area contributed by atoms with Gasteiger partial charge in [-0.15, -0.1) is 0 Å². The second-order valence-corrected chi connectivity index (χ2v) is 5.52. The molecular formula is C18H20ClN5. The first-order valence-electron chi connectivity index (χ1n) is 7.39. The van der Waals surface area contributed by atoms with Gasteiger partial charge >= 0.3 is 0 Å². The van der Waals surface area contributed by atoms with E-state index in [1.165, 1.54) is 0 Å². The van der Waals surface area contributed by atoms with Crippen molar-refractivity contribution < 1.29 is 0 Å². The van der Waals surface area contributed by atoms with E-state index in [0.717, 1.165) is 16.8 Å². The van der Waals surface area contributed by atoms with Gasteiger partial charge in [-0.05, 0) is 25.1 Å². The molecule has 2 aromatic rings. The molecule has 6 heteroatoms. The zero-order valence-corrected chi connectivity index (χ0v) is 14.7. The molecule has 0 aliphatic rings. The number of guanidine groups is 1. The predicted octanol–water partition coefficient (Wildman–Crippen LogP) is 3.56. The van der Waals surface area contributed by atoms with Crippen molar-refractivity contribution >= 4 is 34.8 Å². The molecule has 0 aliphatic carbocycles. The molecule has 0 fully saturated rings. The van der Waals surface area contributed by atoms with E-state index in [2.05, 4.69) is 9.98 Å². The number of benzene rings is 2. The number of hydrogen-bond acceptors (Lipinski definition) is 3. The lowest BCUT2D eigenvalue weighted by Gasteiger charge is -2.25. The van der Waals surface area contributed by atoms with Gasteiger partial charge in [0, 0.05) is 30.2 Å². The Hall–Kier alpha value is -2.66. The lowest BCUT2D eigenvalue weighted by atomic mass is 10.00. The van der Waals surface area contributed by atoms with Gasteiger partial charge in [0.25, 0.3) is 0 Å². The molecule has 24 heavy (non-hydrogen) atoms.